The summed E-state index contributed by atoms with van der Waals surface area (Å²) in [6.45, 7) is 1.71. The SMILES string of the molecule is Cc1nc2ccccn2c1/C(O)=C1\C(=O)C(=O)N(c2nnc(SCc3ccccc3Cl)s2)C1c1ccc(F)cc1. The van der Waals surface area contributed by atoms with Gasteiger partial charge in [0.25, 0.3) is 5.78 Å². The summed E-state index contributed by atoms with van der Waals surface area (Å²) in [7, 11) is 0. The average molecular weight is 592 g/mol. The molecule has 1 unspecified atom stereocenters. The standard InChI is InChI=1S/C28H19ClFN5O3S2/c1-15-22(34-13-5-4-8-20(34)31-15)24(36)21-23(16-9-11-18(30)12-10-16)35(26(38)25(21)37)27-32-33-28(40-27)39-14-17-6-2-3-7-19(17)29/h2-13,23,36H,14H2,1H3/b24-21+. The van der Waals surface area contributed by atoms with Crippen molar-refractivity contribution < 1.29 is 19.1 Å². The number of benzene rings is 2. The molecule has 1 fully saturated rings. The molecule has 40 heavy (non-hydrogen) atoms. The number of pyridine rings is 1. The van der Waals surface area contributed by atoms with Gasteiger partial charge in [-0.3, -0.25) is 18.9 Å². The van der Waals surface area contributed by atoms with E-state index in [-0.39, 0.29) is 22.2 Å². The van der Waals surface area contributed by atoms with E-state index in [0.717, 1.165) is 16.9 Å². The van der Waals surface area contributed by atoms with E-state index in [1.807, 2.05) is 18.2 Å². The van der Waals surface area contributed by atoms with Crippen molar-refractivity contribution in [3.05, 3.63) is 112 Å². The second-order valence-electron chi connectivity index (χ2n) is 8.93. The Morgan fingerprint density at radius 2 is 1.82 bits per heavy atom. The van der Waals surface area contributed by atoms with Crippen LogP contribution >= 0.6 is 34.7 Å². The summed E-state index contributed by atoms with van der Waals surface area (Å²) in [5.74, 6) is -2.10. The number of aliphatic hydroxyl groups excluding tert-OH is 1. The smallest absolute Gasteiger partial charge is 0.301 e. The molecular formula is C28H19ClFN5O3S2. The molecule has 0 saturated carbocycles. The number of hydrogen-bond donors (Lipinski definition) is 1. The zero-order valence-electron chi connectivity index (χ0n) is 20.8. The third-order valence-corrected chi connectivity index (χ3v) is 8.94. The van der Waals surface area contributed by atoms with Crippen LogP contribution in [0.2, 0.25) is 5.02 Å². The second kappa shape index (κ2) is 10.5. The zero-order valence-corrected chi connectivity index (χ0v) is 23.2. The first-order chi connectivity index (χ1) is 19.3. The topological polar surface area (TPSA) is 101 Å². The maximum atomic E-state index is 13.9. The highest BCUT2D eigenvalue weighted by Gasteiger charge is 2.48. The molecule has 0 spiro atoms. The van der Waals surface area contributed by atoms with Crippen LogP contribution in [0.4, 0.5) is 9.52 Å². The lowest BCUT2D eigenvalue weighted by Gasteiger charge is -2.22. The van der Waals surface area contributed by atoms with Gasteiger partial charge in [0, 0.05) is 17.0 Å². The number of fused-ring (bicyclic) bond motifs is 1. The van der Waals surface area contributed by atoms with Gasteiger partial charge in [0.1, 0.15) is 17.2 Å². The number of imidazole rings is 1. The number of thioether (sulfide) groups is 1. The van der Waals surface area contributed by atoms with Crippen molar-refractivity contribution in [2.24, 2.45) is 0 Å². The van der Waals surface area contributed by atoms with Gasteiger partial charge in [-0.15, -0.1) is 10.2 Å². The van der Waals surface area contributed by atoms with E-state index < -0.39 is 23.5 Å². The fraction of sp³-hybridized carbons (Fsp3) is 0.107. The molecule has 3 aromatic heterocycles. The van der Waals surface area contributed by atoms with Crippen molar-refractivity contribution in [1.82, 2.24) is 19.6 Å². The maximum absolute atomic E-state index is 13.9. The van der Waals surface area contributed by atoms with Crippen LogP contribution in [-0.2, 0) is 15.3 Å². The first-order valence-corrected chi connectivity index (χ1v) is 14.2. The Labute approximate surface area is 240 Å². The molecule has 2 aromatic carbocycles. The summed E-state index contributed by atoms with van der Waals surface area (Å²) >= 11 is 8.80. The molecule has 1 aliphatic rings. The summed E-state index contributed by atoms with van der Waals surface area (Å²) < 4.78 is 16.1. The Morgan fingerprint density at radius 3 is 2.60 bits per heavy atom. The van der Waals surface area contributed by atoms with Crippen molar-refractivity contribution in [1.29, 1.82) is 0 Å². The summed E-state index contributed by atoms with van der Waals surface area (Å²) in [6.07, 6.45) is 1.71. The molecule has 0 bridgehead atoms. The molecule has 1 N–H and O–H groups in total. The van der Waals surface area contributed by atoms with E-state index in [4.69, 9.17) is 11.6 Å². The minimum absolute atomic E-state index is 0.147. The predicted octanol–water partition coefficient (Wildman–Crippen LogP) is 6.21. The number of hydrogen-bond acceptors (Lipinski definition) is 8. The Kier molecular flexibility index (Phi) is 6.87. The number of amides is 1. The molecule has 1 amide bonds. The van der Waals surface area contributed by atoms with Gasteiger partial charge in [0.2, 0.25) is 5.13 Å². The number of anilines is 1. The summed E-state index contributed by atoms with van der Waals surface area (Å²) in [4.78, 5) is 32.6. The van der Waals surface area contributed by atoms with Crippen LogP contribution in [0.25, 0.3) is 11.4 Å². The number of carbonyl (C=O) groups is 2. The Bertz CT molecular complexity index is 1820. The number of aromatic nitrogens is 4. The lowest BCUT2D eigenvalue weighted by atomic mass is 9.96. The van der Waals surface area contributed by atoms with Crippen molar-refractivity contribution in [3.8, 4) is 0 Å². The minimum Gasteiger partial charge on any atom is -0.505 e. The molecule has 1 saturated heterocycles. The lowest BCUT2D eigenvalue weighted by molar-refractivity contribution is -0.132. The number of nitrogens with zero attached hydrogens (tertiary/aromatic N) is 5. The van der Waals surface area contributed by atoms with Crippen LogP contribution in [0.1, 0.15) is 28.6 Å². The number of aliphatic hydroxyl groups is 1. The molecule has 0 radical (unpaired) electrons. The second-order valence-corrected chi connectivity index (χ2v) is 11.5. The quantitative estimate of drug-likeness (QED) is 0.0824. The average Bonchev–Trinajstić information content (AvgIpc) is 3.62. The van der Waals surface area contributed by atoms with Crippen LogP contribution in [0.5, 0.6) is 0 Å². The largest absolute Gasteiger partial charge is 0.505 e. The predicted molar refractivity (Wildman–Crippen MR) is 152 cm³/mol. The van der Waals surface area contributed by atoms with Gasteiger partial charge >= 0.3 is 5.91 Å². The van der Waals surface area contributed by atoms with Gasteiger partial charge in [-0.05, 0) is 48.4 Å². The van der Waals surface area contributed by atoms with Crippen LogP contribution in [-0.4, -0.2) is 36.4 Å². The number of Topliss-reactive ketones (excluding diaryl/α,β-unsaturated/α-hetero) is 1. The summed E-state index contributed by atoms with van der Waals surface area (Å²) in [5, 5.41) is 20.8. The van der Waals surface area contributed by atoms with Gasteiger partial charge in [-0.1, -0.05) is 71.1 Å². The fourth-order valence-corrected chi connectivity index (χ4v) is 6.78. The van der Waals surface area contributed by atoms with Gasteiger partial charge in [0.05, 0.1) is 17.3 Å². The van der Waals surface area contributed by atoms with Gasteiger partial charge in [-0.25, -0.2) is 9.37 Å². The highest BCUT2D eigenvalue weighted by Crippen LogP contribution is 2.44. The van der Waals surface area contributed by atoms with E-state index in [9.17, 15) is 19.1 Å². The van der Waals surface area contributed by atoms with E-state index in [0.29, 0.717) is 32.0 Å². The molecule has 6 rings (SSSR count). The molecule has 0 aliphatic carbocycles. The van der Waals surface area contributed by atoms with E-state index in [2.05, 4.69) is 15.2 Å². The number of halogens is 2. The molecular weight excluding hydrogens is 573 g/mol. The van der Waals surface area contributed by atoms with Crippen molar-refractivity contribution in [2.75, 3.05) is 4.90 Å². The molecule has 12 heteroatoms. The first kappa shape index (κ1) is 26.2. The first-order valence-electron chi connectivity index (χ1n) is 12.0. The zero-order chi connectivity index (χ0) is 28.0. The Balaban J connectivity index is 1.44. The summed E-state index contributed by atoms with van der Waals surface area (Å²) in [6, 6.07) is 17.1. The highest BCUT2D eigenvalue weighted by molar-refractivity contribution is 8.00. The van der Waals surface area contributed by atoms with E-state index in [1.54, 1.807) is 41.8 Å². The molecule has 200 valence electrons. The van der Waals surface area contributed by atoms with Crippen LogP contribution in [0, 0.1) is 12.7 Å². The number of rotatable bonds is 6. The third-order valence-electron chi connectivity index (χ3n) is 6.47. The Hall–Kier alpha value is -4.06. The van der Waals surface area contributed by atoms with Gasteiger partial charge in [0.15, 0.2) is 10.1 Å². The molecule has 4 heterocycles. The maximum Gasteiger partial charge on any atom is 0.301 e. The van der Waals surface area contributed by atoms with Crippen LogP contribution < -0.4 is 4.90 Å². The molecule has 1 atom stereocenters. The minimum atomic E-state index is -1.07. The van der Waals surface area contributed by atoms with Gasteiger partial charge < -0.3 is 5.11 Å². The molecule has 5 aromatic rings. The van der Waals surface area contributed by atoms with Crippen molar-refractivity contribution >= 4 is 62.9 Å². The Morgan fingerprint density at radius 1 is 1.07 bits per heavy atom. The van der Waals surface area contributed by atoms with Crippen LogP contribution in [0.3, 0.4) is 0 Å². The lowest BCUT2D eigenvalue weighted by Crippen LogP contribution is -2.29. The van der Waals surface area contributed by atoms with Crippen molar-refractivity contribution in [3.63, 3.8) is 0 Å². The monoisotopic (exact) mass is 591 g/mol. The van der Waals surface area contributed by atoms with Crippen molar-refractivity contribution in [2.45, 2.75) is 23.1 Å². The normalized spacial score (nSPS) is 16.8. The van der Waals surface area contributed by atoms with Crippen LogP contribution in [0.15, 0.2) is 82.8 Å². The van der Waals surface area contributed by atoms with E-state index in [1.165, 1.54) is 40.9 Å². The number of ketones is 1. The summed E-state index contributed by atoms with van der Waals surface area (Å²) in [5.41, 5.74) is 2.52. The third kappa shape index (κ3) is 4.55. The van der Waals surface area contributed by atoms with E-state index >= 15 is 0 Å². The van der Waals surface area contributed by atoms with Gasteiger partial charge in [-0.2, -0.15) is 0 Å². The number of aryl methyl sites for hydroxylation is 1. The number of carbonyl (C=O) groups excluding carboxylic acids is 2. The fourth-order valence-electron chi connectivity index (χ4n) is 4.63. The highest BCUT2D eigenvalue weighted by atomic mass is 35.5. The molecule has 8 nitrogen and oxygen atoms in total. The molecule has 1 aliphatic heterocycles.